The number of hydrogen-bond acceptors (Lipinski definition) is 6. The number of nitrogens with one attached hydrogen (secondary N) is 2. The third kappa shape index (κ3) is 5.32. The second kappa shape index (κ2) is 9.60. The summed E-state index contributed by atoms with van der Waals surface area (Å²) in [6.07, 6.45) is 0. The van der Waals surface area contributed by atoms with E-state index >= 15 is 0 Å². The molecule has 172 valence electrons. The first-order chi connectivity index (χ1) is 15.9. The summed E-state index contributed by atoms with van der Waals surface area (Å²) in [6, 6.07) is 15.9. The zero-order valence-electron chi connectivity index (χ0n) is 17.6. The van der Waals surface area contributed by atoms with Crippen LogP contribution in [0.15, 0.2) is 65.6 Å². The summed E-state index contributed by atoms with van der Waals surface area (Å²) in [5.74, 6) is 1.43. The Hall–Kier alpha value is -3.43. The normalized spacial score (nSPS) is 12.7. The summed E-state index contributed by atoms with van der Waals surface area (Å²) in [5.41, 5.74) is 1.31. The van der Waals surface area contributed by atoms with Gasteiger partial charge in [-0.25, -0.2) is 8.42 Å². The third-order valence-corrected chi connectivity index (χ3v) is 6.75. The Kier molecular flexibility index (Phi) is 6.62. The Bertz CT molecular complexity index is 1280. The molecule has 1 aliphatic heterocycles. The Morgan fingerprint density at radius 3 is 2.45 bits per heavy atom. The molecular formula is C23H21ClN2O6S. The molecule has 0 bridgehead atoms. The number of hydrogen-bond donors (Lipinski definition) is 2. The molecule has 33 heavy (non-hydrogen) atoms. The van der Waals surface area contributed by atoms with Crippen LogP contribution >= 0.6 is 11.6 Å². The standard InChI is InChI=1S/C23H21ClN2O6S/c1-30-18-6-4-17(5-7-18)26-33(28,29)22-13-16(3-8-19(22)24)23(27)25-14-15-2-9-20-21(12-15)32-11-10-31-20/h2-9,12-13,26H,10-11,14H2,1H3,(H,25,27). The van der Waals surface area contributed by atoms with Crippen molar-refractivity contribution in [3.63, 3.8) is 0 Å². The first-order valence-corrected chi connectivity index (χ1v) is 11.8. The van der Waals surface area contributed by atoms with E-state index in [1.807, 2.05) is 6.07 Å². The van der Waals surface area contributed by atoms with Crippen LogP contribution in [0.25, 0.3) is 0 Å². The second-order valence-corrected chi connectivity index (χ2v) is 9.20. The highest BCUT2D eigenvalue weighted by Gasteiger charge is 2.21. The van der Waals surface area contributed by atoms with Crippen molar-refractivity contribution < 1.29 is 27.4 Å². The molecule has 0 saturated heterocycles. The summed E-state index contributed by atoms with van der Waals surface area (Å²) in [6.45, 7) is 1.19. The molecule has 10 heteroatoms. The summed E-state index contributed by atoms with van der Waals surface area (Å²) >= 11 is 6.14. The highest BCUT2D eigenvalue weighted by Crippen LogP contribution is 2.31. The molecule has 0 saturated carbocycles. The fourth-order valence-electron chi connectivity index (χ4n) is 3.20. The van der Waals surface area contributed by atoms with E-state index in [1.54, 1.807) is 36.4 Å². The molecule has 2 N–H and O–H groups in total. The van der Waals surface area contributed by atoms with Gasteiger partial charge < -0.3 is 19.5 Å². The number of carbonyl (C=O) groups is 1. The largest absolute Gasteiger partial charge is 0.497 e. The van der Waals surface area contributed by atoms with Gasteiger partial charge in [-0.2, -0.15) is 0 Å². The molecule has 1 aliphatic rings. The first kappa shape index (κ1) is 22.8. The van der Waals surface area contributed by atoms with Crippen molar-refractivity contribution in [1.82, 2.24) is 5.32 Å². The zero-order chi connectivity index (χ0) is 23.4. The van der Waals surface area contributed by atoms with Gasteiger partial charge in [0.05, 0.1) is 12.1 Å². The predicted molar refractivity (Wildman–Crippen MR) is 124 cm³/mol. The van der Waals surface area contributed by atoms with Crippen molar-refractivity contribution in [2.24, 2.45) is 0 Å². The lowest BCUT2D eigenvalue weighted by Gasteiger charge is -2.19. The minimum atomic E-state index is -4.03. The van der Waals surface area contributed by atoms with Crippen LogP contribution in [0.4, 0.5) is 5.69 Å². The molecule has 3 aromatic carbocycles. The molecule has 0 atom stereocenters. The van der Waals surface area contributed by atoms with Crippen LogP contribution in [0.3, 0.4) is 0 Å². The van der Waals surface area contributed by atoms with E-state index in [2.05, 4.69) is 10.0 Å². The predicted octanol–water partition coefficient (Wildman–Crippen LogP) is 3.85. The molecule has 0 fully saturated rings. The number of amides is 1. The molecule has 0 aromatic heterocycles. The number of methoxy groups -OCH3 is 1. The van der Waals surface area contributed by atoms with Crippen molar-refractivity contribution in [2.75, 3.05) is 25.0 Å². The van der Waals surface area contributed by atoms with E-state index in [4.69, 9.17) is 25.8 Å². The van der Waals surface area contributed by atoms with Crippen LogP contribution < -0.4 is 24.2 Å². The Balaban J connectivity index is 1.48. The quantitative estimate of drug-likeness (QED) is 0.523. The van der Waals surface area contributed by atoms with E-state index < -0.39 is 15.9 Å². The molecule has 1 heterocycles. The molecular weight excluding hydrogens is 468 g/mol. The third-order valence-electron chi connectivity index (χ3n) is 4.88. The van der Waals surface area contributed by atoms with Gasteiger partial charge in [0.2, 0.25) is 0 Å². The first-order valence-electron chi connectivity index (χ1n) is 9.99. The maximum absolute atomic E-state index is 12.9. The van der Waals surface area contributed by atoms with Crippen molar-refractivity contribution >= 4 is 33.2 Å². The van der Waals surface area contributed by atoms with Crippen LogP contribution in [0, 0.1) is 0 Å². The number of rotatable bonds is 7. The van der Waals surface area contributed by atoms with Crippen molar-refractivity contribution in [3.8, 4) is 17.2 Å². The van der Waals surface area contributed by atoms with Gasteiger partial charge >= 0.3 is 0 Å². The molecule has 4 rings (SSSR count). The molecule has 8 nitrogen and oxygen atoms in total. The fourth-order valence-corrected chi connectivity index (χ4v) is 4.79. The summed E-state index contributed by atoms with van der Waals surface area (Å²) < 4.78 is 44.3. The highest BCUT2D eigenvalue weighted by atomic mass is 35.5. The molecule has 0 radical (unpaired) electrons. The summed E-state index contributed by atoms with van der Waals surface area (Å²) in [4.78, 5) is 12.5. The van der Waals surface area contributed by atoms with Crippen LogP contribution in [0.1, 0.15) is 15.9 Å². The van der Waals surface area contributed by atoms with Gasteiger partial charge in [0, 0.05) is 17.8 Å². The van der Waals surface area contributed by atoms with Gasteiger partial charge in [-0.15, -0.1) is 0 Å². The Morgan fingerprint density at radius 1 is 1.00 bits per heavy atom. The average molecular weight is 489 g/mol. The molecule has 1 amide bonds. The number of carbonyl (C=O) groups excluding carboxylic acids is 1. The topological polar surface area (TPSA) is 103 Å². The maximum Gasteiger partial charge on any atom is 0.263 e. The minimum absolute atomic E-state index is 0.000558. The summed E-state index contributed by atoms with van der Waals surface area (Å²) in [5, 5.41) is 2.77. The fraction of sp³-hybridized carbons (Fsp3) is 0.174. The van der Waals surface area contributed by atoms with E-state index in [1.165, 1.54) is 25.3 Å². The van der Waals surface area contributed by atoms with E-state index in [9.17, 15) is 13.2 Å². The Morgan fingerprint density at radius 2 is 1.73 bits per heavy atom. The van der Waals surface area contributed by atoms with Gasteiger partial charge in [0.1, 0.15) is 23.9 Å². The van der Waals surface area contributed by atoms with Gasteiger partial charge in [-0.05, 0) is 60.2 Å². The Labute approximate surface area is 196 Å². The van der Waals surface area contributed by atoms with Gasteiger partial charge in [-0.3, -0.25) is 9.52 Å². The van der Waals surface area contributed by atoms with Crippen LogP contribution in [0.5, 0.6) is 17.2 Å². The van der Waals surface area contributed by atoms with E-state index in [0.29, 0.717) is 36.1 Å². The van der Waals surface area contributed by atoms with Crippen molar-refractivity contribution in [2.45, 2.75) is 11.4 Å². The van der Waals surface area contributed by atoms with Crippen LogP contribution in [-0.4, -0.2) is 34.6 Å². The molecule has 3 aromatic rings. The smallest absolute Gasteiger partial charge is 0.263 e. The molecule has 0 unspecified atom stereocenters. The molecule has 0 aliphatic carbocycles. The number of halogens is 1. The zero-order valence-corrected chi connectivity index (χ0v) is 19.2. The van der Waals surface area contributed by atoms with E-state index in [0.717, 1.165) is 5.56 Å². The number of ether oxygens (including phenoxy) is 3. The second-order valence-electron chi connectivity index (χ2n) is 7.14. The minimum Gasteiger partial charge on any atom is -0.497 e. The van der Waals surface area contributed by atoms with E-state index in [-0.39, 0.29) is 22.0 Å². The van der Waals surface area contributed by atoms with Crippen molar-refractivity contribution in [3.05, 3.63) is 76.8 Å². The number of sulfonamides is 1. The van der Waals surface area contributed by atoms with Crippen molar-refractivity contribution in [1.29, 1.82) is 0 Å². The lowest BCUT2D eigenvalue weighted by molar-refractivity contribution is 0.0950. The number of anilines is 1. The average Bonchev–Trinajstić information content (AvgIpc) is 2.82. The van der Waals surface area contributed by atoms with Gasteiger partial charge in [-0.1, -0.05) is 17.7 Å². The van der Waals surface area contributed by atoms with Crippen LogP contribution in [-0.2, 0) is 16.6 Å². The number of benzene rings is 3. The lowest BCUT2D eigenvalue weighted by atomic mass is 10.1. The SMILES string of the molecule is COc1ccc(NS(=O)(=O)c2cc(C(=O)NCc3ccc4c(c3)OCCO4)ccc2Cl)cc1. The van der Waals surface area contributed by atoms with Crippen LogP contribution in [0.2, 0.25) is 5.02 Å². The monoisotopic (exact) mass is 488 g/mol. The lowest BCUT2D eigenvalue weighted by Crippen LogP contribution is -2.24. The highest BCUT2D eigenvalue weighted by molar-refractivity contribution is 7.92. The van der Waals surface area contributed by atoms with Gasteiger partial charge in [0.15, 0.2) is 11.5 Å². The van der Waals surface area contributed by atoms with Gasteiger partial charge in [0.25, 0.3) is 15.9 Å². The maximum atomic E-state index is 12.9. The molecule has 0 spiro atoms. The summed E-state index contributed by atoms with van der Waals surface area (Å²) in [7, 11) is -2.51. The number of fused-ring (bicyclic) bond motifs is 1.